The topological polar surface area (TPSA) is 96.0 Å². The molecular weight excluding hydrogens is 328 g/mol. The van der Waals surface area contributed by atoms with Gasteiger partial charge in [0, 0.05) is 12.8 Å². The average Bonchev–Trinajstić information content (AvgIpc) is 2.94. The predicted molar refractivity (Wildman–Crippen MR) is 86.7 cm³/mol. The fourth-order valence-electron chi connectivity index (χ4n) is 3.10. The summed E-state index contributed by atoms with van der Waals surface area (Å²) in [7, 11) is 2.90. The van der Waals surface area contributed by atoms with Gasteiger partial charge in [-0.2, -0.15) is 0 Å². The Labute approximate surface area is 145 Å². The number of ether oxygens (including phenoxy) is 3. The Hall–Kier alpha value is -2.70. The molecule has 0 aromatic heterocycles. The molecule has 1 heterocycles. The van der Waals surface area contributed by atoms with Crippen LogP contribution >= 0.6 is 0 Å². The van der Waals surface area contributed by atoms with Crippen LogP contribution in [-0.4, -0.2) is 45.2 Å². The van der Waals surface area contributed by atoms with Crippen LogP contribution in [0, 0.1) is 11.3 Å². The van der Waals surface area contributed by atoms with E-state index in [0.29, 0.717) is 24.1 Å². The van der Waals surface area contributed by atoms with Gasteiger partial charge in [0.2, 0.25) is 0 Å². The van der Waals surface area contributed by atoms with Crippen LogP contribution in [0.5, 0.6) is 11.5 Å². The number of hydrogen-bond donors (Lipinski definition) is 0. The van der Waals surface area contributed by atoms with E-state index in [0.717, 1.165) is 0 Å². The molecule has 0 amide bonds. The van der Waals surface area contributed by atoms with E-state index in [4.69, 9.17) is 14.2 Å². The van der Waals surface area contributed by atoms with E-state index in [1.54, 1.807) is 12.1 Å². The summed E-state index contributed by atoms with van der Waals surface area (Å²) in [5, 5.41) is 0. The van der Waals surface area contributed by atoms with Gasteiger partial charge in [-0.15, -0.1) is 0 Å². The van der Waals surface area contributed by atoms with Crippen LogP contribution in [0.3, 0.4) is 0 Å². The van der Waals surface area contributed by atoms with Gasteiger partial charge in [0.1, 0.15) is 30.7 Å². The molecule has 25 heavy (non-hydrogen) atoms. The number of esters is 1. The minimum absolute atomic E-state index is 0.0575. The maximum atomic E-state index is 12.9. The number of rotatable bonds is 9. The summed E-state index contributed by atoms with van der Waals surface area (Å²) in [5.41, 5.74) is -1.08. The summed E-state index contributed by atoms with van der Waals surface area (Å²) in [6, 6.07) is 4.76. The fraction of sp³-hybridized carbons (Fsp3) is 0.444. The van der Waals surface area contributed by atoms with Gasteiger partial charge in [-0.05, 0) is 24.6 Å². The van der Waals surface area contributed by atoms with Gasteiger partial charge >= 0.3 is 5.97 Å². The van der Waals surface area contributed by atoms with E-state index in [9.17, 15) is 19.2 Å². The van der Waals surface area contributed by atoms with Gasteiger partial charge in [0.05, 0.1) is 31.1 Å². The number of cyclic esters (lactones) is 1. The molecule has 0 unspecified atom stereocenters. The summed E-state index contributed by atoms with van der Waals surface area (Å²) in [6.45, 7) is -0.0796. The Balaban J connectivity index is 2.39. The fourth-order valence-corrected chi connectivity index (χ4v) is 3.10. The van der Waals surface area contributed by atoms with Crippen LogP contribution in [0.4, 0.5) is 0 Å². The van der Waals surface area contributed by atoms with E-state index < -0.39 is 17.3 Å². The molecule has 1 fully saturated rings. The van der Waals surface area contributed by atoms with Gasteiger partial charge in [-0.3, -0.25) is 9.59 Å². The molecule has 0 aliphatic carbocycles. The number of aldehydes is 2. The third-order valence-corrected chi connectivity index (χ3v) is 4.57. The zero-order chi connectivity index (χ0) is 18.4. The van der Waals surface area contributed by atoms with Crippen molar-refractivity contribution in [2.75, 3.05) is 20.8 Å². The number of hydrogen-bond acceptors (Lipinski definition) is 7. The molecule has 2 rings (SSSR count). The number of carbonyl (C=O) groups excluding carboxylic acids is 4. The van der Waals surface area contributed by atoms with E-state index in [-0.39, 0.29) is 37.2 Å². The third kappa shape index (κ3) is 3.55. The van der Waals surface area contributed by atoms with Gasteiger partial charge < -0.3 is 23.8 Å². The largest absolute Gasteiger partial charge is 0.497 e. The second-order valence-electron chi connectivity index (χ2n) is 5.87. The normalized spacial score (nSPS) is 22.2. The molecule has 1 saturated heterocycles. The monoisotopic (exact) mass is 348 g/mol. The standard InChI is InChI=1S/C18H20O7/c1-23-13-4-5-16(24-2)14(8-13)15(21)9-18(6-3-7-19)12(10-20)11-25-17(18)22/h4-5,7-8,10,12H,3,6,9,11H2,1-2H3/t12-,18+/m1/s1. The van der Waals surface area contributed by atoms with Crippen molar-refractivity contribution in [1.29, 1.82) is 0 Å². The summed E-state index contributed by atoms with van der Waals surface area (Å²) < 4.78 is 15.3. The maximum absolute atomic E-state index is 12.9. The first-order chi connectivity index (χ1) is 12.0. The molecule has 0 N–H and O–H groups in total. The van der Waals surface area contributed by atoms with E-state index in [1.165, 1.54) is 20.3 Å². The summed E-state index contributed by atoms with van der Waals surface area (Å²) in [5.74, 6) is -0.966. The van der Waals surface area contributed by atoms with Crippen LogP contribution in [-0.2, 0) is 19.1 Å². The first-order valence-corrected chi connectivity index (χ1v) is 7.83. The molecule has 1 aromatic carbocycles. The molecule has 0 saturated carbocycles. The molecule has 1 aliphatic rings. The second-order valence-corrected chi connectivity index (χ2v) is 5.87. The second kappa shape index (κ2) is 7.92. The molecule has 7 heteroatoms. The highest BCUT2D eigenvalue weighted by Crippen LogP contribution is 2.43. The minimum Gasteiger partial charge on any atom is -0.497 e. The Kier molecular flexibility index (Phi) is 5.90. The van der Waals surface area contributed by atoms with Crippen molar-refractivity contribution < 1.29 is 33.4 Å². The first kappa shape index (κ1) is 18.6. The maximum Gasteiger partial charge on any atom is 0.313 e. The highest BCUT2D eigenvalue weighted by Gasteiger charge is 2.53. The van der Waals surface area contributed by atoms with Gasteiger partial charge in [0.15, 0.2) is 5.78 Å². The van der Waals surface area contributed by atoms with Crippen molar-refractivity contribution in [3.8, 4) is 11.5 Å². The number of Topliss-reactive ketones (excluding diaryl/α,β-unsaturated/α-hetero) is 1. The lowest BCUT2D eigenvalue weighted by Gasteiger charge is -2.27. The van der Waals surface area contributed by atoms with Gasteiger partial charge in [-0.25, -0.2) is 0 Å². The van der Waals surface area contributed by atoms with Crippen LogP contribution in [0.2, 0.25) is 0 Å². The highest BCUT2D eigenvalue weighted by atomic mass is 16.5. The molecular formula is C18H20O7. The zero-order valence-electron chi connectivity index (χ0n) is 14.2. The molecule has 134 valence electrons. The SMILES string of the molecule is COc1ccc(OC)c(C(=O)C[C@]2(CCC=O)C(=O)OC[C@H]2C=O)c1. The summed E-state index contributed by atoms with van der Waals surface area (Å²) >= 11 is 0. The summed E-state index contributed by atoms with van der Waals surface area (Å²) in [6.07, 6.45) is 1.17. The van der Waals surface area contributed by atoms with Crippen molar-refractivity contribution in [1.82, 2.24) is 0 Å². The van der Waals surface area contributed by atoms with Crippen molar-refractivity contribution in [2.24, 2.45) is 11.3 Å². The van der Waals surface area contributed by atoms with Crippen LogP contribution in [0.1, 0.15) is 29.6 Å². The average molecular weight is 348 g/mol. The van der Waals surface area contributed by atoms with Gasteiger partial charge in [0.25, 0.3) is 0 Å². The third-order valence-electron chi connectivity index (χ3n) is 4.57. The summed E-state index contributed by atoms with van der Waals surface area (Å²) in [4.78, 5) is 47.4. The van der Waals surface area contributed by atoms with Crippen LogP contribution < -0.4 is 9.47 Å². The van der Waals surface area contributed by atoms with Crippen molar-refractivity contribution in [2.45, 2.75) is 19.3 Å². The Morgan fingerprint density at radius 3 is 2.68 bits per heavy atom. The molecule has 0 spiro atoms. The Bertz CT molecular complexity index is 682. The predicted octanol–water partition coefficient (Wildman–Crippen LogP) is 1.61. The lowest BCUT2D eigenvalue weighted by Crippen LogP contribution is -2.37. The lowest BCUT2D eigenvalue weighted by atomic mass is 9.70. The first-order valence-electron chi connectivity index (χ1n) is 7.83. The molecule has 2 atom stereocenters. The van der Waals surface area contributed by atoms with Crippen molar-refractivity contribution in [3.63, 3.8) is 0 Å². The zero-order valence-corrected chi connectivity index (χ0v) is 14.2. The van der Waals surface area contributed by atoms with Crippen LogP contribution in [0.25, 0.3) is 0 Å². The quantitative estimate of drug-likeness (QED) is 0.380. The Morgan fingerprint density at radius 1 is 1.32 bits per heavy atom. The molecule has 7 nitrogen and oxygen atoms in total. The highest BCUT2D eigenvalue weighted by molar-refractivity contribution is 6.02. The number of methoxy groups -OCH3 is 2. The van der Waals surface area contributed by atoms with E-state index >= 15 is 0 Å². The van der Waals surface area contributed by atoms with Gasteiger partial charge in [-0.1, -0.05) is 0 Å². The number of benzene rings is 1. The smallest absolute Gasteiger partial charge is 0.313 e. The van der Waals surface area contributed by atoms with E-state index in [2.05, 4.69) is 0 Å². The molecule has 0 radical (unpaired) electrons. The van der Waals surface area contributed by atoms with Crippen molar-refractivity contribution in [3.05, 3.63) is 23.8 Å². The lowest BCUT2D eigenvalue weighted by molar-refractivity contribution is -0.147. The molecule has 0 bridgehead atoms. The van der Waals surface area contributed by atoms with Crippen molar-refractivity contribution >= 4 is 24.3 Å². The minimum atomic E-state index is -1.33. The number of carbonyl (C=O) groups is 4. The molecule has 1 aromatic rings. The Morgan fingerprint density at radius 2 is 2.08 bits per heavy atom. The molecule has 1 aliphatic heterocycles. The van der Waals surface area contributed by atoms with Crippen LogP contribution in [0.15, 0.2) is 18.2 Å². The number of ketones is 1. The van der Waals surface area contributed by atoms with E-state index in [1.807, 2.05) is 0 Å².